The van der Waals surface area contributed by atoms with Crippen LogP contribution in [0.4, 0.5) is 5.69 Å². The molecule has 19 heavy (non-hydrogen) atoms. The van der Waals surface area contributed by atoms with E-state index in [1.54, 1.807) is 7.11 Å². The lowest BCUT2D eigenvalue weighted by molar-refractivity contribution is 0.416. The molecule has 0 fully saturated rings. The van der Waals surface area contributed by atoms with Crippen molar-refractivity contribution in [1.82, 2.24) is 9.55 Å². The summed E-state index contributed by atoms with van der Waals surface area (Å²) < 4.78 is 8.55. The van der Waals surface area contributed by atoms with Gasteiger partial charge in [-0.1, -0.05) is 15.9 Å². The smallest absolute Gasteiger partial charge is 0.143 e. The van der Waals surface area contributed by atoms with E-state index >= 15 is 0 Å². The molecule has 102 valence electrons. The van der Waals surface area contributed by atoms with Gasteiger partial charge in [-0.05, 0) is 31.5 Å². The molecule has 0 unspecified atom stereocenters. The number of halogens is 1. The molecule has 0 saturated carbocycles. The number of benzene rings is 1. The fraction of sp³-hybridized carbons (Fsp3) is 0.357. The highest BCUT2D eigenvalue weighted by atomic mass is 79.9. The van der Waals surface area contributed by atoms with Gasteiger partial charge in [0.05, 0.1) is 19.3 Å². The highest BCUT2D eigenvalue weighted by molar-refractivity contribution is 9.10. The number of imidazole rings is 1. The van der Waals surface area contributed by atoms with Crippen LogP contribution in [0.1, 0.15) is 18.3 Å². The molecular formula is C14H18BrN3O. The third kappa shape index (κ3) is 3.10. The van der Waals surface area contributed by atoms with Crippen molar-refractivity contribution in [2.75, 3.05) is 12.4 Å². The molecule has 1 heterocycles. The number of aryl methyl sites for hydroxylation is 2. The monoisotopic (exact) mass is 323 g/mol. The van der Waals surface area contributed by atoms with Crippen LogP contribution in [0.15, 0.2) is 29.0 Å². The summed E-state index contributed by atoms with van der Waals surface area (Å²) in [5.74, 6) is 1.85. The summed E-state index contributed by atoms with van der Waals surface area (Å²) in [6.45, 7) is 5.77. The number of hydrogen-bond acceptors (Lipinski definition) is 3. The molecule has 0 saturated heterocycles. The Bertz CT molecular complexity index is 566. The lowest BCUT2D eigenvalue weighted by Crippen LogP contribution is -2.09. The van der Waals surface area contributed by atoms with Crippen molar-refractivity contribution in [1.29, 1.82) is 0 Å². The van der Waals surface area contributed by atoms with Gasteiger partial charge in [0, 0.05) is 23.4 Å². The predicted molar refractivity (Wildman–Crippen MR) is 80.7 cm³/mol. The molecule has 0 aliphatic rings. The molecule has 0 amide bonds. The summed E-state index contributed by atoms with van der Waals surface area (Å²) in [7, 11) is 1.68. The van der Waals surface area contributed by atoms with Gasteiger partial charge >= 0.3 is 0 Å². The number of methoxy groups -OCH3 is 1. The van der Waals surface area contributed by atoms with Gasteiger partial charge in [0.1, 0.15) is 11.6 Å². The van der Waals surface area contributed by atoms with Gasteiger partial charge in [-0.15, -0.1) is 0 Å². The molecule has 0 radical (unpaired) electrons. The first-order valence-corrected chi connectivity index (χ1v) is 7.03. The second-order valence-corrected chi connectivity index (χ2v) is 5.20. The van der Waals surface area contributed by atoms with Crippen molar-refractivity contribution in [2.45, 2.75) is 26.9 Å². The Kier molecular flexibility index (Phi) is 4.47. The average Bonchev–Trinajstić information content (AvgIpc) is 2.84. The molecule has 0 aliphatic heterocycles. The first kappa shape index (κ1) is 13.9. The Morgan fingerprint density at radius 3 is 2.89 bits per heavy atom. The second-order valence-electron chi connectivity index (χ2n) is 4.28. The molecule has 4 nitrogen and oxygen atoms in total. The van der Waals surface area contributed by atoms with Crippen LogP contribution in [-0.2, 0) is 13.1 Å². The van der Waals surface area contributed by atoms with E-state index in [1.165, 1.54) is 0 Å². The fourth-order valence-corrected chi connectivity index (χ4v) is 2.61. The third-order valence-electron chi connectivity index (χ3n) is 3.05. The Labute approximate surface area is 121 Å². The van der Waals surface area contributed by atoms with Crippen molar-refractivity contribution in [3.05, 3.63) is 40.4 Å². The van der Waals surface area contributed by atoms with Crippen LogP contribution >= 0.6 is 15.9 Å². The summed E-state index contributed by atoms with van der Waals surface area (Å²) in [4.78, 5) is 4.36. The quantitative estimate of drug-likeness (QED) is 0.913. The summed E-state index contributed by atoms with van der Waals surface area (Å²) in [6.07, 6.45) is 3.81. The summed E-state index contributed by atoms with van der Waals surface area (Å²) in [5.41, 5.74) is 2.15. The van der Waals surface area contributed by atoms with Crippen LogP contribution in [0, 0.1) is 6.92 Å². The molecule has 5 heteroatoms. The number of nitrogens with one attached hydrogen (secondary N) is 1. The molecule has 2 aromatic rings. The van der Waals surface area contributed by atoms with Gasteiger partial charge in [-0.3, -0.25) is 0 Å². The van der Waals surface area contributed by atoms with E-state index < -0.39 is 0 Å². The van der Waals surface area contributed by atoms with Crippen LogP contribution in [0.5, 0.6) is 5.75 Å². The minimum absolute atomic E-state index is 0.680. The Hall–Kier alpha value is -1.49. The van der Waals surface area contributed by atoms with Crippen LogP contribution in [0.25, 0.3) is 0 Å². The normalized spacial score (nSPS) is 10.5. The lowest BCUT2D eigenvalue weighted by atomic mass is 10.2. The Morgan fingerprint density at radius 2 is 2.21 bits per heavy atom. The molecular weight excluding hydrogens is 306 g/mol. The van der Waals surface area contributed by atoms with E-state index in [-0.39, 0.29) is 0 Å². The van der Waals surface area contributed by atoms with Crippen molar-refractivity contribution in [2.24, 2.45) is 0 Å². The zero-order chi connectivity index (χ0) is 13.8. The summed E-state index contributed by atoms with van der Waals surface area (Å²) in [6, 6.07) is 4.03. The molecule has 1 N–H and O–H groups in total. The number of anilines is 1. The van der Waals surface area contributed by atoms with Crippen molar-refractivity contribution < 1.29 is 4.74 Å². The van der Waals surface area contributed by atoms with Crippen molar-refractivity contribution in [3.63, 3.8) is 0 Å². The Morgan fingerprint density at radius 1 is 1.42 bits per heavy atom. The third-order valence-corrected chi connectivity index (χ3v) is 3.51. The van der Waals surface area contributed by atoms with E-state index in [2.05, 4.69) is 50.7 Å². The topological polar surface area (TPSA) is 39.1 Å². The van der Waals surface area contributed by atoms with Crippen molar-refractivity contribution in [3.8, 4) is 5.75 Å². The lowest BCUT2D eigenvalue weighted by Gasteiger charge is -2.15. The van der Waals surface area contributed by atoms with E-state index in [9.17, 15) is 0 Å². The van der Waals surface area contributed by atoms with E-state index in [4.69, 9.17) is 4.74 Å². The number of ether oxygens (including phenoxy) is 1. The number of hydrogen-bond donors (Lipinski definition) is 1. The van der Waals surface area contributed by atoms with Crippen LogP contribution < -0.4 is 10.1 Å². The second kappa shape index (κ2) is 6.10. The molecule has 2 rings (SSSR count). The minimum Gasteiger partial charge on any atom is -0.495 e. The number of nitrogens with zero attached hydrogens (tertiary/aromatic N) is 2. The summed E-state index contributed by atoms with van der Waals surface area (Å²) in [5, 5.41) is 3.41. The largest absolute Gasteiger partial charge is 0.495 e. The maximum atomic E-state index is 5.41. The fourth-order valence-electron chi connectivity index (χ4n) is 2.06. The van der Waals surface area contributed by atoms with E-state index in [1.807, 2.05) is 18.5 Å². The first-order chi connectivity index (χ1) is 9.15. The Balaban J connectivity index is 2.20. The van der Waals surface area contributed by atoms with Gasteiger partial charge < -0.3 is 14.6 Å². The SMILES string of the molecule is CCn1ccnc1CNc1c(C)cc(Br)cc1OC. The molecule has 0 bridgehead atoms. The number of rotatable bonds is 5. The molecule has 1 aromatic heterocycles. The van der Waals surface area contributed by atoms with Crippen LogP contribution in [0.3, 0.4) is 0 Å². The standard InChI is InChI=1S/C14H18BrN3O/c1-4-18-6-5-16-13(18)9-17-14-10(2)7-11(15)8-12(14)19-3/h5-8,17H,4,9H2,1-3H3. The average molecular weight is 324 g/mol. The molecule has 1 aromatic carbocycles. The molecule has 0 aliphatic carbocycles. The highest BCUT2D eigenvalue weighted by Crippen LogP contribution is 2.32. The first-order valence-electron chi connectivity index (χ1n) is 6.23. The van der Waals surface area contributed by atoms with Gasteiger partial charge in [-0.2, -0.15) is 0 Å². The molecule has 0 spiro atoms. The predicted octanol–water partition coefficient (Wildman–Crippen LogP) is 3.59. The summed E-state index contributed by atoms with van der Waals surface area (Å²) >= 11 is 3.48. The van der Waals surface area contributed by atoms with Gasteiger partial charge in [0.15, 0.2) is 0 Å². The highest BCUT2D eigenvalue weighted by Gasteiger charge is 2.09. The van der Waals surface area contributed by atoms with Gasteiger partial charge in [-0.25, -0.2) is 4.98 Å². The molecule has 0 atom stereocenters. The zero-order valence-corrected chi connectivity index (χ0v) is 13.0. The maximum absolute atomic E-state index is 5.41. The van der Waals surface area contributed by atoms with E-state index in [0.29, 0.717) is 6.54 Å². The van der Waals surface area contributed by atoms with Crippen LogP contribution in [-0.4, -0.2) is 16.7 Å². The van der Waals surface area contributed by atoms with Crippen molar-refractivity contribution >= 4 is 21.6 Å². The number of aromatic nitrogens is 2. The zero-order valence-electron chi connectivity index (χ0n) is 11.4. The van der Waals surface area contributed by atoms with Crippen LogP contribution in [0.2, 0.25) is 0 Å². The van der Waals surface area contributed by atoms with Gasteiger partial charge in [0.2, 0.25) is 0 Å². The van der Waals surface area contributed by atoms with E-state index in [0.717, 1.165) is 33.8 Å². The maximum Gasteiger partial charge on any atom is 0.143 e. The van der Waals surface area contributed by atoms with Gasteiger partial charge in [0.25, 0.3) is 0 Å². The minimum atomic E-state index is 0.680.